The minimum Gasteiger partial charge on any atom is -0.481 e. The van der Waals surface area contributed by atoms with Crippen LogP contribution in [-0.2, 0) is 27.2 Å². The van der Waals surface area contributed by atoms with Gasteiger partial charge >= 0.3 is 5.97 Å². The number of carbonyl (C=O) groups excluding carboxylic acids is 2. The van der Waals surface area contributed by atoms with Gasteiger partial charge in [0.1, 0.15) is 0 Å². The minimum absolute atomic E-state index is 0.0798. The van der Waals surface area contributed by atoms with Gasteiger partial charge in [0.25, 0.3) is 0 Å². The number of carbonyl (C=O) groups is 3. The van der Waals surface area contributed by atoms with Gasteiger partial charge in [0.15, 0.2) is 0 Å². The zero-order valence-corrected chi connectivity index (χ0v) is 14.6. The van der Waals surface area contributed by atoms with Crippen molar-refractivity contribution in [3.63, 3.8) is 0 Å². The fourth-order valence-corrected chi connectivity index (χ4v) is 2.58. The number of aliphatic carboxylic acids is 1. The second kappa shape index (κ2) is 9.36. The molecule has 0 aliphatic rings. The number of carboxylic acids is 1. The molecular formula is C20H22N2O4. The lowest BCUT2D eigenvalue weighted by Crippen LogP contribution is -2.38. The maximum absolute atomic E-state index is 12.3. The van der Waals surface area contributed by atoms with E-state index in [1.165, 1.54) is 11.8 Å². The standard InChI is InChI=1S/C20H22N2O4/c1-15(23)22(12-11-16-7-3-2-4-8-16)14-19(24)21-18-10-6-5-9-17(18)13-20(25)26/h2-10H,11-14H2,1H3,(H,21,24)(H,25,26). The Balaban J connectivity index is 1.97. The molecule has 0 unspecified atom stereocenters. The van der Waals surface area contributed by atoms with Crippen LogP contribution in [0, 0.1) is 0 Å². The molecule has 6 heteroatoms. The number of nitrogens with one attached hydrogen (secondary N) is 1. The van der Waals surface area contributed by atoms with E-state index in [0.29, 0.717) is 24.2 Å². The van der Waals surface area contributed by atoms with Crippen molar-refractivity contribution in [3.8, 4) is 0 Å². The first-order chi connectivity index (χ1) is 12.5. The monoisotopic (exact) mass is 354 g/mol. The SMILES string of the molecule is CC(=O)N(CCc1ccccc1)CC(=O)Nc1ccccc1CC(=O)O. The average molecular weight is 354 g/mol. The summed E-state index contributed by atoms with van der Waals surface area (Å²) in [5.74, 6) is -1.51. The molecule has 0 heterocycles. The van der Waals surface area contributed by atoms with Gasteiger partial charge in [-0.15, -0.1) is 0 Å². The van der Waals surface area contributed by atoms with E-state index in [1.807, 2.05) is 30.3 Å². The van der Waals surface area contributed by atoms with E-state index in [4.69, 9.17) is 5.11 Å². The lowest BCUT2D eigenvalue weighted by molar-refractivity contribution is -0.136. The summed E-state index contributed by atoms with van der Waals surface area (Å²) in [6.07, 6.45) is 0.476. The Labute approximate surface area is 152 Å². The number of para-hydroxylation sites is 1. The summed E-state index contributed by atoms with van der Waals surface area (Å²) >= 11 is 0. The maximum Gasteiger partial charge on any atom is 0.307 e. The second-order valence-electron chi connectivity index (χ2n) is 5.95. The summed E-state index contributed by atoms with van der Waals surface area (Å²) in [4.78, 5) is 36.6. The molecule has 2 aromatic rings. The smallest absolute Gasteiger partial charge is 0.307 e. The van der Waals surface area contributed by atoms with Crippen LogP contribution in [-0.4, -0.2) is 40.9 Å². The number of benzene rings is 2. The normalized spacial score (nSPS) is 10.2. The van der Waals surface area contributed by atoms with Crippen molar-refractivity contribution in [1.29, 1.82) is 0 Å². The first-order valence-electron chi connectivity index (χ1n) is 8.34. The molecular weight excluding hydrogens is 332 g/mol. The number of hydrogen-bond acceptors (Lipinski definition) is 3. The summed E-state index contributed by atoms with van der Waals surface area (Å²) in [6.45, 7) is 1.78. The van der Waals surface area contributed by atoms with Gasteiger partial charge in [-0.3, -0.25) is 14.4 Å². The Morgan fingerprint density at radius 1 is 1.00 bits per heavy atom. The Morgan fingerprint density at radius 3 is 2.31 bits per heavy atom. The molecule has 0 radical (unpaired) electrons. The fourth-order valence-electron chi connectivity index (χ4n) is 2.58. The highest BCUT2D eigenvalue weighted by Gasteiger charge is 2.15. The molecule has 0 spiro atoms. The summed E-state index contributed by atoms with van der Waals surface area (Å²) in [6, 6.07) is 16.5. The maximum atomic E-state index is 12.3. The van der Waals surface area contributed by atoms with Crippen LogP contribution in [0.4, 0.5) is 5.69 Å². The first-order valence-corrected chi connectivity index (χ1v) is 8.34. The summed E-state index contributed by atoms with van der Waals surface area (Å²) < 4.78 is 0. The minimum atomic E-state index is -0.972. The van der Waals surface area contributed by atoms with Gasteiger partial charge in [0, 0.05) is 19.2 Å². The number of amides is 2. The molecule has 0 atom stereocenters. The van der Waals surface area contributed by atoms with Crippen molar-refractivity contribution in [2.75, 3.05) is 18.4 Å². The molecule has 0 fully saturated rings. The highest BCUT2D eigenvalue weighted by Crippen LogP contribution is 2.15. The highest BCUT2D eigenvalue weighted by atomic mass is 16.4. The third-order valence-corrected chi connectivity index (χ3v) is 3.93. The third kappa shape index (κ3) is 6.05. The molecule has 0 bridgehead atoms. The molecule has 6 nitrogen and oxygen atoms in total. The van der Waals surface area contributed by atoms with E-state index in [-0.39, 0.29) is 24.8 Å². The zero-order chi connectivity index (χ0) is 18.9. The molecule has 26 heavy (non-hydrogen) atoms. The number of anilines is 1. The van der Waals surface area contributed by atoms with Crippen LogP contribution in [0.15, 0.2) is 54.6 Å². The van der Waals surface area contributed by atoms with Gasteiger partial charge in [-0.05, 0) is 23.6 Å². The van der Waals surface area contributed by atoms with Crippen LogP contribution in [0.25, 0.3) is 0 Å². The molecule has 0 saturated carbocycles. The van der Waals surface area contributed by atoms with Gasteiger partial charge in [-0.25, -0.2) is 0 Å². The topological polar surface area (TPSA) is 86.7 Å². The van der Waals surface area contributed by atoms with Gasteiger partial charge in [0.05, 0.1) is 13.0 Å². The van der Waals surface area contributed by atoms with Crippen LogP contribution in [0.2, 0.25) is 0 Å². The van der Waals surface area contributed by atoms with Gasteiger partial charge < -0.3 is 15.3 Å². The van der Waals surface area contributed by atoms with Gasteiger partial charge in [0.2, 0.25) is 11.8 Å². The van der Waals surface area contributed by atoms with Crippen molar-refractivity contribution in [1.82, 2.24) is 4.90 Å². The van der Waals surface area contributed by atoms with Crippen LogP contribution < -0.4 is 5.32 Å². The summed E-state index contributed by atoms with van der Waals surface area (Å²) in [7, 11) is 0. The van der Waals surface area contributed by atoms with Gasteiger partial charge in [-0.2, -0.15) is 0 Å². The van der Waals surface area contributed by atoms with Crippen LogP contribution in [0.1, 0.15) is 18.1 Å². The number of rotatable bonds is 8. The van der Waals surface area contributed by atoms with E-state index < -0.39 is 5.97 Å². The fraction of sp³-hybridized carbons (Fsp3) is 0.250. The first kappa shape index (κ1) is 19.2. The Morgan fingerprint density at radius 2 is 1.65 bits per heavy atom. The molecule has 2 amide bonds. The van der Waals surface area contributed by atoms with Crippen molar-refractivity contribution in [3.05, 3.63) is 65.7 Å². The largest absolute Gasteiger partial charge is 0.481 e. The molecule has 0 aliphatic carbocycles. The predicted molar refractivity (Wildman–Crippen MR) is 98.8 cm³/mol. The quantitative estimate of drug-likeness (QED) is 0.762. The van der Waals surface area contributed by atoms with Crippen LogP contribution in [0.3, 0.4) is 0 Å². The number of nitrogens with zero attached hydrogens (tertiary/aromatic N) is 1. The molecule has 136 valence electrons. The van der Waals surface area contributed by atoms with Crippen molar-refractivity contribution in [2.45, 2.75) is 19.8 Å². The number of carboxylic acid groups (broad SMARTS) is 1. The Bertz CT molecular complexity index is 774. The van der Waals surface area contributed by atoms with Crippen molar-refractivity contribution < 1.29 is 19.5 Å². The van der Waals surface area contributed by atoms with E-state index >= 15 is 0 Å². The molecule has 2 aromatic carbocycles. The van der Waals surface area contributed by atoms with E-state index in [1.54, 1.807) is 24.3 Å². The van der Waals surface area contributed by atoms with Crippen LogP contribution >= 0.6 is 0 Å². The molecule has 0 aromatic heterocycles. The van der Waals surface area contributed by atoms with Crippen LogP contribution in [0.5, 0.6) is 0 Å². The van der Waals surface area contributed by atoms with E-state index in [2.05, 4.69) is 5.32 Å². The molecule has 0 aliphatic heterocycles. The average Bonchev–Trinajstić information content (AvgIpc) is 2.60. The highest BCUT2D eigenvalue weighted by molar-refractivity contribution is 5.95. The van der Waals surface area contributed by atoms with E-state index in [0.717, 1.165) is 5.56 Å². The lowest BCUT2D eigenvalue weighted by Gasteiger charge is -2.21. The second-order valence-corrected chi connectivity index (χ2v) is 5.95. The Kier molecular flexibility index (Phi) is 6.91. The summed E-state index contributed by atoms with van der Waals surface area (Å²) in [5, 5.41) is 11.7. The predicted octanol–water partition coefficient (Wildman–Crippen LogP) is 2.34. The van der Waals surface area contributed by atoms with E-state index in [9.17, 15) is 14.4 Å². The van der Waals surface area contributed by atoms with Crippen molar-refractivity contribution in [2.24, 2.45) is 0 Å². The van der Waals surface area contributed by atoms with Gasteiger partial charge in [-0.1, -0.05) is 48.5 Å². The molecule has 2 rings (SSSR count). The third-order valence-electron chi connectivity index (χ3n) is 3.93. The lowest BCUT2D eigenvalue weighted by atomic mass is 10.1. The summed E-state index contributed by atoms with van der Waals surface area (Å²) in [5.41, 5.74) is 2.06. The molecule has 2 N–H and O–H groups in total. The van der Waals surface area contributed by atoms with Crippen molar-refractivity contribution >= 4 is 23.5 Å². The zero-order valence-electron chi connectivity index (χ0n) is 14.6. The Hall–Kier alpha value is -3.15. The number of hydrogen-bond donors (Lipinski definition) is 2. The molecule has 0 saturated heterocycles.